The molecule has 0 amide bonds. The number of alkyl halides is 4. The molecule has 0 spiro atoms. The summed E-state index contributed by atoms with van der Waals surface area (Å²) in [6.07, 6.45) is -2.79. The zero-order valence-electron chi connectivity index (χ0n) is 9.92. The van der Waals surface area contributed by atoms with Crippen molar-refractivity contribution in [1.82, 2.24) is 0 Å². The van der Waals surface area contributed by atoms with Gasteiger partial charge in [-0.1, -0.05) is 46.3 Å². The van der Waals surface area contributed by atoms with Crippen LogP contribution in [0.15, 0.2) is 30.3 Å². The van der Waals surface area contributed by atoms with Gasteiger partial charge in [0, 0.05) is 11.9 Å². The first-order chi connectivity index (χ1) is 8.53. The summed E-state index contributed by atoms with van der Waals surface area (Å²) in [6, 6.07) is 9.93. The van der Waals surface area contributed by atoms with Crippen molar-refractivity contribution >= 4 is 15.9 Å². The molecular formula is C13H16BrF3O. The van der Waals surface area contributed by atoms with E-state index in [2.05, 4.69) is 20.7 Å². The van der Waals surface area contributed by atoms with Gasteiger partial charge in [-0.2, -0.15) is 13.2 Å². The van der Waals surface area contributed by atoms with Gasteiger partial charge in [0.2, 0.25) is 0 Å². The van der Waals surface area contributed by atoms with E-state index < -0.39 is 12.8 Å². The Balaban J connectivity index is 2.25. The SMILES string of the molecule is FC(F)(F)COCCCC(CBr)c1ccccc1. The molecule has 0 N–H and O–H groups in total. The topological polar surface area (TPSA) is 9.23 Å². The summed E-state index contributed by atoms with van der Waals surface area (Å²) in [4.78, 5) is 0. The maximum Gasteiger partial charge on any atom is 0.411 e. The Bertz CT molecular complexity index is 327. The number of hydrogen-bond donors (Lipinski definition) is 0. The molecule has 1 unspecified atom stereocenters. The fourth-order valence-corrected chi connectivity index (χ4v) is 2.38. The summed E-state index contributed by atoms with van der Waals surface area (Å²) in [7, 11) is 0. The first-order valence-electron chi connectivity index (χ1n) is 5.78. The summed E-state index contributed by atoms with van der Waals surface area (Å²) in [5.74, 6) is 0.320. The molecule has 1 nitrogen and oxygen atoms in total. The molecule has 1 aromatic rings. The zero-order chi connectivity index (χ0) is 13.4. The predicted octanol–water partition coefficient (Wildman–Crippen LogP) is 4.52. The molecule has 1 rings (SSSR count). The van der Waals surface area contributed by atoms with E-state index in [1.165, 1.54) is 5.56 Å². The van der Waals surface area contributed by atoms with Crippen LogP contribution in [-0.2, 0) is 4.74 Å². The fourth-order valence-electron chi connectivity index (χ4n) is 1.68. The smallest absolute Gasteiger partial charge is 0.372 e. The lowest BCUT2D eigenvalue weighted by molar-refractivity contribution is -0.174. The van der Waals surface area contributed by atoms with Gasteiger partial charge in [0.1, 0.15) is 6.61 Å². The second-order valence-electron chi connectivity index (χ2n) is 4.07. The van der Waals surface area contributed by atoms with Gasteiger partial charge in [0.25, 0.3) is 0 Å². The Hall–Kier alpha value is -0.550. The van der Waals surface area contributed by atoms with Gasteiger partial charge in [0.05, 0.1) is 0 Å². The quantitative estimate of drug-likeness (QED) is 0.529. The lowest BCUT2D eigenvalue weighted by Crippen LogP contribution is -2.17. The number of benzene rings is 1. The van der Waals surface area contributed by atoms with Crippen LogP contribution in [0.2, 0.25) is 0 Å². The molecule has 0 aromatic heterocycles. The van der Waals surface area contributed by atoms with Crippen LogP contribution in [0.3, 0.4) is 0 Å². The van der Waals surface area contributed by atoms with Gasteiger partial charge in [-0.3, -0.25) is 0 Å². The molecule has 0 bridgehead atoms. The highest BCUT2D eigenvalue weighted by Crippen LogP contribution is 2.23. The van der Waals surface area contributed by atoms with Crippen LogP contribution < -0.4 is 0 Å². The van der Waals surface area contributed by atoms with Gasteiger partial charge in [0.15, 0.2) is 0 Å². The van der Waals surface area contributed by atoms with E-state index in [1.54, 1.807) is 0 Å². The summed E-state index contributed by atoms with van der Waals surface area (Å²) in [5.41, 5.74) is 1.20. The Morgan fingerprint density at radius 1 is 1.17 bits per heavy atom. The van der Waals surface area contributed by atoms with Crippen molar-refractivity contribution in [3.8, 4) is 0 Å². The minimum atomic E-state index is -4.23. The van der Waals surface area contributed by atoms with Crippen molar-refractivity contribution in [2.45, 2.75) is 24.9 Å². The molecule has 18 heavy (non-hydrogen) atoms. The summed E-state index contributed by atoms with van der Waals surface area (Å²) in [6.45, 7) is -1.01. The molecule has 0 aliphatic heterocycles. The first-order valence-corrected chi connectivity index (χ1v) is 6.90. The molecule has 5 heteroatoms. The van der Waals surface area contributed by atoms with Crippen molar-refractivity contribution < 1.29 is 17.9 Å². The van der Waals surface area contributed by atoms with Gasteiger partial charge < -0.3 is 4.74 Å². The molecular weight excluding hydrogens is 309 g/mol. The number of ether oxygens (including phenoxy) is 1. The van der Waals surface area contributed by atoms with Crippen LogP contribution >= 0.6 is 15.9 Å². The van der Waals surface area contributed by atoms with Gasteiger partial charge in [-0.25, -0.2) is 0 Å². The van der Waals surface area contributed by atoms with E-state index in [0.29, 0.717) is 12.3 Å². The van der Waals surface area contributed by atoms with Crippen molar-refractivity contribution in [2.24, 2.45) is 0 Å². The molecule has 0 aliphatic rings. The van der Waals surface area contributed by atoms with Gasteiger partial charge >= 0.3 is 6.18 Å². The monoisotopic (exact) mass is 324 g/mol. The Kier molecular flexibility index (Phi) is 6.71. The van der Waals surface area contributed by atoms with Crippen LogP contribution in [-0.4, -0.2) is 24.7 Å². The lowest BCUT2D eigenvalue weighted by Gasteiger charge is -2.14. The normalized spacial score (nSPS) is 13.6. The van der Waals surface area contributed by atoms with E-state index >= 15 is 0 Å². The average Bonchev–Trinajstić information content (AvgIpc) is 2.33. The van der Waals surface area contributed by atoms with Gasteiger partial charge in [-0.15, -0.1) is 0 Å². The summed E-state index contributed by atoms with van der Waals surface area (Å²) in [5, 5.41) is 0.802. The van der Waals surface area contributed by atoms with Crippen LogP contribution in [0.4, 0.5) is 13.2 Å². The minimum absolute atomic E-state index is 0.149. The fraction of sp³-hybridized carbons (Fsp3) is 0.538. The van der Waals surface area contributed by atoms with Crippen LogP contribution in [0.5, 0.6) is 0 Å². The average molecular weight is 325 g/mol. The molecule has 0 heterocycles. The van der Waals surface area contributed by atoms with Crippen molar-refractivity contribution in [3.05, 3.63) is 35.9 Å². The molecule has 1 atom stereocenters. The maximum absolute atomic E-state index is 11.8. The highest BCUT2D eigenvalue weighted by molar-refractivity contribution is 9.09. The molecule has 0 radical (unpaired) electrons. The third-order valence-corrected chi connectivity index (χ3v) is 3.35. The van der Waals surface area contributed by atoms with E-state index in [-0.39, 0.29) is 6.61 Å². The molecule has 0 saturated carbocycles. The zero-order valence-corrected chi connectivity index (χ0v) is 11.5. The molecule has 0 fully saturated rings. The second kappa shape index (κ2) is 7.79. The molecule has 1 aromatic carbocycles. The molecule has 0 saturated heterocycles. The first kappa shape index (κ1) is 15.5. The highest BCUT2D eigenvalue weighted by Gasteiger charge is 2.27. The van der Waals surface area contributed by atoms with Crippen LogP contribution in [0.25, 0.3) is 0 Å². The predicted molar refractivity (Wildman–Crippen MR) is 69.1 cm³/mol. The van der Waals surface area contributed by atoms with Crippen molar-refractivity contribution in [2.75, 3.05) is 18.5 Å². The number of halogens is 4. The van der Waals surface area contributed by atoms with E-state index in [9.17, 15) is 13.2 Å². The van der Waals surface area contributed by atoms with Crippen molar-refractivity contribution in [1.29, 1.82) is 0 Å². The maximum atomic E-state index is 11.8. The van der Waals surface area contributed by atoms with Crippen molar-refractivity contribution in [3.63, 3.8) is 0 Å². The largest absolute Gasteiger partial charge is 0.411 e. The highest BCUT2D eigenvalue weighted by atomic mass is 79.9. The third kappa shape index (κ3) is 6.40. The molecule has 0 aliphatic carbocycles. The van der Waals surface area contributed by atoms with Crippen LogP contribution in [0, 0.1) is 0 Å². The third-order valence-electron chi connectivity index (χ3n) is 2.56. The minimum Gasteiger partial charge on any atom is -0.372 e. The Morgan fingerprint density at radius 3 is 2.39 bits per heavy atom. The summed E-state index contributed by atoms with van der Waals surface area (Å²) >= 11 is 3.43. The van der Waals surface area contributed by atoms with E-state index in [4.69, 9.17) is 0 Å². The lowest BCUT2D eigenvalue weighted by atomic mass is 9.96. The molecule has 102 valence electrons. The standard InChI is InChI=1S/C13H16BrF3O/c14-9-12(11-5-2-1-3-6-11)7-4-8-18-10-13(15,16)17/h1-3,5-6,12H,4,7-10H2. The summed E-state index contributed by atoms with van der Waals surface area (Å²) < 4.78 is 40.1. The van der Waals surface area contributed by atoms with Crippen LogP contribution in [0.1, 0.15) is 24.3 Å². The second-order valence-corrected chi connectivity index (χ2v) is 4.72. The van der Waals surface area contributed by atoms with E-state index in [1.807, 2.05) is 30.3 Å². The number of hydrogen-bond acceptors (Lipinski definition) is 1. The van der Waals surface area contributed by atoms with Gasteiger partial charge in [-0.05, 0) is 24.3 Å². The number of rotatable bonds is 7. The Morgan fingerprint density at radius 2 is 1.83 bits per heavy atom. The Labute approximate surface area is 113 Å². The van der Waals surface area contributed by atoms with E-state index in [0.717, 1.165) is 11.8 Å².